The molecular formula is C4H3BrFN3O. The lowest BCUT2D eigenvalue weighted by atomic mass is 10.4. The Labute approximate surface area is 63.9 Å². The lowest BCUT2D eigenvalue weighted by Crippen LogP contribution is -2.10. The third-order valence-corrected chi connectivity index (χ3v) is 1.49. The van der Waals surface area contributed by atoms with Crippen LogP contribution in [0, 0.1) is 0 Å². The molecule has 6 heteroatoms. The quantitative estimate of drug-likeness (QED) is 0.729. The summed E-state index contributed by atoms with van der Waals surface area (Å²) >= 11 is 2.84. The number of carbonyl (C=O) groups is 1. The summed E-state index contributed by atoms with van der Waals surface area (Å²) < 4.78 is 12.2. The Morgan fingerprint density at radius 3 is 2.70 bits per heavy atom. The highest BCUT2D eigenvalue weighted by Crippen LogP contribution is 2.12. The van der Waals surface area contributed by atoms with Gasteiger partial charge in [0.05, 0.1) is 11.8 Å². The van der Waals surface area contributed by atoms with Crippen molar-refractivity contribution in [1.29, 1.82) is 0 Å². The molecule has 0 saturated heterocycles. The number of nitrogens with two attached hydrogens (primary N) is 1. The monoisotopic (exact) mass is 207 g/mol. The molecule has 1 rings (SSSR count). The van der Waals surface area contributed by atoms with E-state index in [1.54, 1.807) is 0 Å². The molecule has 4 nitrogen and oxygen atoms in total. The molecular weight excluding hydrogens is 205 g/mol. The maximum atomic E-state index is 12.1. The smallest absolute Gasteiger partial charge is 0.253 e. The number of nitrogens with zero attached hydrogens (tertiary/aromatic N) is 2. The number of halogens is 2. The minimum Gasteiger partial charge on any atom is -0.365 e. The van der Waals surface area contributed by atoms with Crippen molar-refractivity contribution >= 4 is 21.8 Å². The molecule has 0 fully saturated rings. The van der Waals surface area contributed by atoms with E-state index < -0.39 is 5.91 Å². The fourth-order valence-electron chi connectivity index (χ4n) is 0.492. The average molecular weight is 208 g/mol. The van der Waals surface area contributed by atoms with Crippen LogP contribution in [0.4, 0.5) is 4.48 Å². The number of hydrogen-bond acceptors (Lipinski definition) is 2. The average Bonchev–Trinajstić information content (AvgIpc) is 2.10. The van der Waals surface area contributed by atoms with E-state index in [1.807, 2.05) is 0 Å². The summed E-state index contributed by atoms with van der Waals surface area (Å²) in [6.45, 7) is 0. The Morgan fingerprint density at radius 1 is 1.90 bits per heavy atom. The van der Waals surface area contributed by atoms with Crippen LogP contribution in [0.1, 0.15) is 10.4 Å². The van der Waals surface area contributed by atoms with E-state index in [0.717, 1.165) is 6.20 Å². The molecule has 10 heavy (non-hydrogen) atoms. The summed E-state index contributed by atoms with van der Waals surface area (Å²) in [5.41, 5.74) is 4.87. The number of hydrogen-bond donors (Lipinski definition) is 1. The van der Waals surface area contributed by atoms with Crippen LogP contribution in [-0.4, -0.2) is 15.9 Å². The lowest BCUT2D eigenvalue weighted by molar-refractivity contribution is 0.0999. The van der Waals surface area contributed by atoms with Crippen LogP contribution in [0.3, 0.4) is 0 Å². The van der Waals surface area contributed by atoms with Crippen molar-refractivity contribution in [2.75, 3.05) is 0 Å². The number of amides is 1. The first-order chi connectivity index (χ1) is 4.61. The van der Waals surface area contributed by atoms with Crippen LogP contribution in [0.25, 0.3) is 0 Å². The van der Waals surface area contributed by atoms with E-state index in [9.17, 15) is 9.28 Å². The zero-order valence-electron chi connectivity index (χ0n) is 4.71. The molecule has 0 atom stereocenters. The van der Waals surface area contributed by atoms with Crippen molar-refractivity contribution in [3.63, 3.8) is 0 Å². The van der Waals surface area contributed by atoms with Crippen molar-refractivity contribution in [1.82, 2.24) is 10.0 Å². The summed E-state index contributed by atoms with van der Waals surface area (Å²) in [4.78, 5) is 10.4. The van der Waals surface area contributed by atoms with Gasteiger partial charge in [-0.1, -0.05) is 4.48 Å². The van der Waals surface area contributed by atoms with Crippen molar-refractivity contribution < 1.29 is 9.28 Å². The topological polar surface area (TPSA) is 60.9 Å². The van der Waals surface area contributed by atoms with Crippen LogP contribution in [-0.2, 0) is 0 Å². The van der Waals surface area contributed by atoms with Crippen LogP contribution in [0.2, 0.25) is 0 Å². The van der Waals surface area contributed by atoms with Gasteiger partial charge in [-0.15, -0.1) is 10.0 Å². The summed E-state index contributed by atoms with van der Waals surface area (Å²) in [6, 6.07) is 0. The first-order valence-electron chi connectivity index (χ1n) is 2.32. The third kappa shape index (κ3) is 1.15. The van der Waals surface area contributed by atoms with Gasteiger partial charge in [0.15, 0.2) is 0 Å². The molecule has 0 unspecified atom stereocenters. The molecule has 0 aliphatic heterocycles. The predicted octanol–water partition coefficient (Wildman–Crippen LogP) is 0.477. The van der Waals surface area contributed by atoms with Crippen molar-refractivity contribution in [3.8, 4) is 0 Å². The Hall–Kier alpha value is -0.910. The Balaban J connectivity index is 3.15. The lowest BCUT2D eigenvalue weighted by Gasteiger charge is -1.83. The van der Waals surface area contributed by atoms with E-state index >= 15 is 0 Å². The number of aromatic nitrogens is 2. The number of primary amides is 1. The van der Waals surface area contributed by atoms with Gasteiger partial charge in [-0.05, 0) is 15.9 Å². The fourth-order valence-corrected chi connectivity index (χ4v) is 0.941. The fraction of sp³-hybridized carbons (Fsp3) is 0. The zero-order chi connectivity index (χ0) is 7.72. The largest absolute Gasteiger partial charge is 0.365 e. The van der Waals surface area contributed by atoms with Gasteiger partial charge in [0.25, 0.3) is 5.91 Å². The first-order valence-corrected chi connectivity index (χ1v) is 3.11. The molecule has 1 aromatic rings. The molecule has 0 saturated carbocycles. The number of rotatable bonds is 1. The molecule has 0 aromatic carbocycles. The summed E-state index contributed by atoms with van der Waals surface area (Å²) in [6.07, 6.45) is 0.895. The predicted molar refractivity (Wildman–Crippen MR) is 35.0 cm³/mol. The van der Waals surface area contributed by atoms with Gasteiger partial charge in [0.2, 0.25) is 0 Å². The van der Waals surface area contributed by atoms with Gasteiger partial charge >= 0.3 is 0 Å². The Bertz CT molecular complexity index is 271. The molecule has 1 amide bonds. The second-order valence-corrected chi connectivity index (χ2v) is 2.34. The first kappa shape index (κ1) is 7.20. The molecule has 0 aliphatic carbocycles. The van der Waals surface area contributed by atoms with Gasteiger partial charge in [-0.2, -0.15) is 0 Å². The maximum Gasteiger partial charge on any atom is 0.253 e. The van der Waals surface area contributed by atoms with Crippen molar-refractivity contribution in [2.24, 2.45) is 5.73 Å². The van der Waals surface area contributed by atoms with Crippen molar-refractivity contribution in [2.45, 2.75) is 0 Å². The number of carbonyl (C=O) groups excluding carboxylic acids is 1. The van der Waals surface area contributed by atoms with Crippen LogP contribution in [0.5, 0.6) is 0 Å². The second-order valence-electron chi connectivity index (χ2n) is 1.59. The van der Waals surface area contributed by atoms with E-state index in [-0.39, 0.29) is 15.1 Å². The minimum absolute atomic E-state index is 0.0180. The summed E-state index contributed by atoms with van der Waals surface area (Å²) in [5, 5.41) is 3.20. The molecule has 54 valence electrons. The molecule has 0 aliphatic rings. The Kier molecular flexibility index (Phi) is 1.71. The SMILES string of the molecule is NC(=O)c1cn(F)nc1Br. The molecule has 0 radical (unpaired) electrons. The summed E-state index contributed by atoms with van der Waals surface area (Å²) in [7, 11) is 0. The molecule has 2 N–H and O–H groups in total. The van der Waals surface area contributed by atoms with Gasteiger partial charge in [-0.25, -0.2) is 0 Å². The minimum atomic E-state index is -0.712. The highest BCUT2D eigenvalue weighted by Gasteiger charge is 2.10. The molecule has 1 heterocycles. The zero-order valence-corrected chi connectivity index (χ0v) is 6.30. The highest BCUT2D eigenvalue weighted by atomic mass is 79.9. The van der Waals surface area contributed by atoms with E-state index in [1.165, 1.54) is 0 Å². The van der Waals surface area contributed by atoms with Gasteiger partial charge in [-0.3, -0.25) is 4.79 Å². The summed E-state index contributed by atoms with van der Waals surface area (Å²) in [5.74, 6) is -0.712. The third-order valence-electron chi connectivity index (χ3n) is 0.907. The standard InChI is InChI=1S/C4H3BrFN3O/c5-3-2(4(7)10)1-9(6)8-3/h1H,(H2,7,10). The molecule has 1 aromatic heterocycles. The van der Waals surface area contributed by atoms with E-state index in [4.69, 9.17) is 5.73 Å². The normalized spacial score (nSPS) is 9.80. The van der Waals surface area contributed by atoms with Gasteiger partial charge in [0.1, 0.15) is 4.60 Å². The van der Waals surface area contributed by atoms with Gasteiger partial charge in [0, 0.05) is 0 Å². The van der Waals surface area contributed by atoms with Crippen LogP contribution in [0.15, 0.2) is 10.8 Å². The second kappa shape index (κ2) is 2.37. The van der Waals surface area contributed by atoms with Crippen LogP contribution >= 0.6 is 15.9 Å². The molecule has 0 bridgehead atoms. The van der Waals surface area contributed by atoms with Gasteiger partial charge < -0.3 is 5.73 Å². The van der Waals surface area contributed by atoms with E-state index in [2.05, 4.69) is 21.0 Å². The van der Waals surface area contributed by atoms with Crippen LogP contribution < -0.4 is 5.73 Å². The van der Waals surface area contributed by atoms with E-state index in [0.29, 0.717) is 0 Å². The Morgan fingerprint density at radius 2 is 2.50 bits per heavy atom. The van der Waals surface area contributed by atoms with Crippen molar-refractivity contribution in [3.05, 3.63) is 16.4 Å². The molecule has 0 spiro atoms. The maximum absolute atomic E-state index is 12.1. The highest BCUT2D eigenvalue weighted by molar-refractivity contribution is 9.10.